The molecular formula is C45H88NO7P. The molecule has 0 aromatic heterocycles. The van der Waals surface area contributed by atoms with E-state index in [1.807, 2.05) is 0 Å². The van der Waals surface area contributed by atoms with E-state index in [1.165, 1.54) is 154 Å². The van der Waals surface area contributed by atoms with E-state index in [4.69, 9.17) is 24.3 Å². The molecule has 0 aliphatic rings. The molecule has 3 N–H and O–H groups in total. The maximum absolute atomic E-state index is 12.6. The Morgan fingerprint density at radius 2 is 0.926 bits per heavy atom. The third-order valence-corrected chi connectivity index (χ3v) is 10.8. The van der Waals surface area contributed by atoms with Gasteiger partial charge >= 0.3 is 13.8 Å². The molecule has 2 atom stereocenters. The van der Waals surface area contributed by atoms with Gasteiger partial charge in [-0.25, -0.2) is 4.57 Å². The summed E-state index contributed by atoms with van der Waals surface area (Å²) in [6.45, 7) is 4.91. The maximum Gasteiger partial charge on any atom is 0.472 e. The Morgan fingerprint density at radius 1 is 0.537 bits per heavy atom. The number of allylic oxidation sites excluding steroid dienone is 4. The first kappa shape index (κ1) is 53.0. The van der Waals surface area contributed by atoms with Crippen molar-refractivity contribution in [3.63, 3.8) is 0 Å². The summed E-state index contributed by atoms with van der Waals surface area (Å²) in [6.07, 6.45) is 47.8. The number of ether oxygens (including phenoxy) is 2. The Morgan fingerprint density at radius 3 is 1.37 bits per heavy atom. The molecule has 0 rings (SSSR count). The summed E-state index contributed by atoms with van der Waals surface area (Å²) in [5.74, 6) is -0.340. The Balaban J connectivity index is 3.95. The highest BCUT2D eigenvalue weighted by atomic mass is 31.2. The molecule has 1 unspecified atom stereocenters. The molecule has 0 heterocycles. The number of nitrogens with two attached hydrogens (primary N) is 1. The summed E-state index contributed by atoms with van der Waals surface area (Å²) in [5, 5.41) is 0. The molecule has 0 aliphatic carbocycles. The molecule has 0 bridgehead atoms. The van der Waals surface area contributed by atoms with Gasteiger partial charge in [0.05, 0.1) is 19.8 Å². The fraction of sp³-hybridized carbons (Fsp3) is 0.889. The van der Waals surface area contributed by atoms with Crippen LogP contribution in [0.2, 0.25) is 0 Å². The van der Waals surface area contributed by atoms with Crippen LogP contribution >= 0.6 is 7.82 Å². The highest BCUT2D eigenvalue weighted by Crippen LogP contribution is 2.43. The van der Waals surface area contributed by atoms with Crippen LogP contribution in [0.4, 0.5) is 0 Å². The molecule has 0 aliphatic heterocycles. The Hall–Kier alpha value is -1.02. The van der Waals surface area contributed by atoms with Crippen molar-refractivity contribution in [1.29, 1.82) is 0 Å². The minimum atomic E-state index is -4.28. The number of phosphoric ester groups is 1. The average Bonchev–Trinajstić information content (AvgIpc) is 3.16. The lowest BCUT2D eigenvalue weighted by molar-refractivity contribution is -0.154. The molecular weight excluding hydrogens is 697 g/mol. The van der Waals surface area contributed by atoms with E-state index in [1.54, 1.807) is 0 Å². The van der Waals surface area contributed by atoms with Gasteiger partial charge in [-0.15, -0.1) is 0 Å². The summed E-state index contributed by atoms with van der Waals surface area (Å²) in [7, 11) is -4.28. The molecule has 0 saturated heterocycles. The first-order valence-electron chi connectivity index (χ1n) is 22.8. The fourth-order valence-corrected chi connectivity index (χ4v) is 7.22. The second-order valence-corrected chi connectivity index (χ2v) is 16.7. The van der Waals surface area contributed by atoms with E-state index >= 15 is 0 Å². The third kappa shape index (κ3) is 42.1. The lowest BCUT2D eigenvalue weighted by Crippen LogP contribution is -2.28. The van der Waals surface area contributed by atoms with E-state index in [0.717, 1.165) is 44.9 Å². The second-order valence-electron chi connectivity index (χ2n) is 15.3. The number of carbonyl (C=O) groups excluding carboxylic acids is 1. The first-order chi connectivity index (χ1) is 26.4. The van der Waals surface area contributed by atoms with Gasteiger partial charge in [0.1, 0.15) is 6.10 Å². The monoisotopic (exact) mass is 786 g/mol. The van der Waals surface area contributed by atoms with Crippen molar-refractivity contribution in [2.75, 3.05) is 33.0 Å². The molecule has 0 spiro atoms. The number of unbranched alkanes of at least 4 members (excludes halogenated alkanes) is 27. The van der Waals surface area contributed by atoms with Gasteiger partial charge in [0, 0.05) is 19.6 Å². The van der Waals surface area contributed by atoms with Crippen LogP contribution in [0.5, 0.6) is 0 Å². The van der Waals surface area contributed by atoms with Crippen molar-refractivity contribution in [2.24, 2.45) is 5.73 Å². The largest absolute Gasteiger partial charge is 0.472 e. The van der Waals surface area contributed by atoms with Crippen LogP contribution in [0.3, 0.4) is 0 Å². The smallest absolute Gasteiger partial charge is 0.457 e. The number of hydrogen-bond acceptors (Lipinski definition) is 7. The lowest BCUT2D eigenvalue weighted by atomic mass is 10.0. The number of rotatable bonds is 44. The molecule has 0 radical (unpaired) electrons. The molecule has 0 amide bonds. The predicted molar refractivity (Wildman–Crippen MR) is 229 cm³/mol. The van der Waals surface area contributed by atoms with Crippen LogP contribution in [-0.2, 0) is 27.9 Å². The van der Waals surface area contributed by atoms with Gasteiger partial charge < -0.3 is 20.1 Å². The molecule has 0 fully saturated rings. The number of carbonyl (C=O) groups is 1. The molecule has 54 heavy (non-hydrogen) atoms. The molecule has 0 saturated carbocycles. The zero-order valence-electron chi connectivity index (χ0n) is 35.5. The summed E-state index contributed by atoms with van der Waals surface area (Å²) >= 11 is 0. The van der Waals surface area contributed by atoms with Crippen molar-refractivity contribution in [3.05, 3.63) is 24.3 Å². The maximum atomic E-state index is 12.6. The van der Waals surface area contributed by atoms with Crippen molar-refractivity contribution >= 4 is 13.8 Å². The third-order valence-electron chi connectivity index (χ3n) is 9.84. The van der Waals surface area contributed by atoms with Gasteiger partial charge in [-0.05, 0) is 64.2 Å². The number of esters is 1. The van der Waals surface area contributed by atoms with Gasteiger partial charge in [0.2, 0.25) is 0 Å². The minimum Gasteiger partial charge on any atom is -0.457 e. The highest BCUT2D eigenvalue weighted by Gasteiger charge is 2.25. The topological polar surface area (TPSA) is 117 Å². The van der Waals surface area contributed by atoms with Gasteiger partial charge in [-0.2, -0.15) is 0 Å². The molecule has 9 heteroatoms. The average molecular weight is 786 g/mol. The van der Waals surface area contributed by atoms with Crippen molar-refractivity contribution in [3.8, 4) is 0 Å². The van der Waals surface area contributed by atoms with Gasteiger partial charge in [-0.1, -0.05) is 173 Å². The zero-order chi connectivity index (χ0) is 39.5. The summed E-state index contributed by atoms with van der Waals surface area (Å²) in [6, 6.07) is 0. The van der Waals surface area contributed by atoms with Gasteiger partial charge in [0.25, 0.3) is 0 Å². The van der Waals surface area contributed by atoms with Crippen LogP contribution < -0.4 is 5.73 Å². The van der Waals surface area contributed by atoms with E-state index in [9.17, 15) is 14.3 Å². The van der Waals surface area contributed by atoms with Crippen molar-refractivity contribution in [2.45, 2.75) is 225 Å². The molecule has 320 valence electrons. The van der Waals surface area contributed by atoms with Crippen molar-refractivity contribution in [1.82, 2.24) is 0 Å². The van der Waals surface area contributed by atoms with E-state index < -0.39 is 13.9 Å². The highest BCUT2D eigenvalue weighted by molar-refractivity contribution is 7.47. The quantitative estimate of drug-likeness (QED) is 0.0271. The Bertz CT molecular complexity index is 884. The molecule has 0 aromatic carbocycles. The molecule has 8 nitrogen and oxygen atoms in total. The van der Waals surface area contributed by atoms with E-state index in [2.05, 4.69) is 38.2 Å². The Kier molecular flexibility index (Phi) is 42.3. The first-order valence-corrected chi connectivity index (χ1v) is 24.3. The summed E-state index contributed by atoms with van der Waals surface area (Å²) < 4.78 is 33.4. The van der Waals surface area contributed by atoms with Crippen LogP contribution in [0.1, 0.15) is 219 Å². The predicted octanol–water partition coefficient (Wildman–Crippen LogP) is 13.6. The van der Waals surface area contributed by atoms with Gasteiger partial charge in [0.15, 0.2) is 0 Å². The summed E-state index contributed by atoms with van der Waals surface area (Å²) in [4.78, 5) is 22.5. The van der Waals surface area contributed by atoms with E-state index in [-0.39, 0.29) is 32.3 Å². The Labute approximate surface area is 334 Å². The number of hydrogen-bond donors (Lipinski definition) is 2. The van der Waals surface area contributed by atoms with E-state index in [0.29, 0.717) is 13.0 Å². The summed E-state index contributed by atoms with van der Waals surface area (Å²) in [5.41, 5.74) is 5.37. The minimum absolute atomic E-state index is 0.0969. The normalized spacial score (nSPS) is 13.6. The standard InChI is InChI=1S/C45H88NO7P/c1-3-5-7-9-11-13-15-17-18-19-20-21-22-23-24-25-27-29-31-33-35-37-40-50-42-44(43-52-54(48,49)51-41-39-46)53-45(47)38-36-34-32-30-28-26-16-14-12-10-8-6-4-2/h14,16,23-24,44H,3-13,15,17-22,25-43,46H2,1-2H3,(H,48,49)/b16-14-,24-23+/t44-/m1/s1. The second kappa shape index (κ2) is 43.1. The van der Waals surface area contributed by atoms with Crippen molar-refractivity contribution < 1.29 is 32.8 Å². The van der Waals surface area contributed by atoms with Crippen LogP contribution in [-0.4, -0.2) is 49.9 Å². The lowest BCUT2D eigenvalue weighted by Gasteiger charge is -2.20. The fourth-order valence-electron chi connectivity index (χ4n) is 6.46. The SMILES string of the molecule is CCCCCC/C=C\CCCCCCCC(=O)O[C@H](COCCCCCCCC/C=C/CCCCCCCCCCCCCC)COP(=O)(O)OCCN. The van der Waals surface area contributed by atoms with Crippen LogP contribution in [0, 0.1) is 0 Å². The number of phosphoric acid groups is 1. The van der Waals surface area contributed by atoms with Gasteiger partial charge in [-0.3, -0.25) is 13.8 Å². The zero-order valence-corrected chi connectivity index (χ0v) is 36.4. The molecule has 0 aromatic rings. The van der Waals surface area contributed by atoms with Crippen LogP contribution in [0.15, 0.2) is 24.3 Å². The van der Waals surface area contributed by atoms with Crippen LogP contribution in [0.25, 0.3) is 0 Å².